The van der Waals surface area contributed by atoms with Gasteiger partial charge in [-0.1, -0.05) is 18.2 Å². The molecule has 112 valence electrons. The summed E-state index contributed by atoms with van der Waals surface area (Å²) in [6.07, 6.45) is 1.63. The van der Waals surface area contributed by atoms with E-state index < -0.39 is 0 Å². The van der Waals surface area contributed by atoms with Gasteiger partial charge in [0.15, 0.2) is 11.5 Å². The van der Waals surface area contributed by atoms with Gasteiger partial charge in [-0.15, -0.1) is 0 Å². The van der Waals surface area contributed by atoms with Crippen LogP contribution in [-0.4, -0.2) is 18.9 Å². The normalized spacial score (nSPS) is 12.4. The Morgan fingerprint density at radius 1 is 1.18 bits per heavy atom. The number of para-hydroxylation sites is 1. The Morgan fingerprint density at radius 3 is 2.64 bits per heavy atom. The fraction of sp³-hybridized carbons (Fsp3) is 0.125. The molecule has 0 saturated carbocycles. The summed E-state index contributed by atoms with van der Waals surface area (Å²) in [5.74, 6) is 1.08. The Kier molecular flexibility index (Phi) is 3.91. The highest BCUT2D eigenvalue weighted by Crippen LogP contribution is 2.36. The van der Waals surface area contributed by atoms with Crippen molar-refractivity contribution in [1.29, 1.82) is 0 Å². The number of amides is 1. The van der Waals surface area contributed by atoms with Gasteiger partial charge < -0.3 is 14.8 Å². The minimum atomic E-state index is -0.162. The van der Waals surface area contributed by atoms with Crippen LogP contribution in [-0.2, 0) is 4.79 Å². The van der Waals surface area contributed by atoms with E-state index in [1.54, 1.807) is 18.3 Å². The molecule has 3 rings (SSSR count). The summed E-state index contributed by atoms with van der Waals surface area (Å²) < 4.78 is 10.7. The van der Waals surface area contributed by atoms with Crippen LogP contribution >= 0.6 is 0 Å². The molecule has 6 nitrogen and oxygen atoms in total. The van der Waals surface area contributed by atoms with Crippen LogP contribution in [0.4, 0.5) is 11.4 Å². The Bertz CT molecular complexity index is 714. The molecule has 0 unspecified atom stereocenters. The van der Waals surface area contributed by atoms with Crippen LogP contribution in [0.25, 0.3) is 0 Å². The number of carbonyl (C=O) groups is 1. The highest BCUT2D eigenvalue weighted by Gasteiger charge is 2.17. The van der Waals surface area contributed by atoms with Gasteiger partial charge in [-0.2, -0.15) is 5.10 Å². The highest BCUT2D eigenvalue weighted by molar-refractivity contribution is 5.97. The van der Waals surface area contributed by atoms with Crippen LogP contribution in [0.5, 0.6) is 11.5 Å². The number of hydrogen-bond donors (Lipinski definition) is 2. The summed E-state index contributed by atoms with van der Waals surface area (Å²) in [7, 11) is 0. The summed E-state index contributed by atoms with van der Waals surface area (Å²) in [5.41, 5.74) is 5.15. The molecule has 22 heavy (non-hydrogen) atoms. The van der Waals surface area contributed by atoms with E-state index >= 15 is 0 Å². The number of anilines is 2. The van der Waals surface area contributed by atoms with Crippen molar-refractivity contribution in [3.63, 3.8) is 0 Å². The molecule has 6 heteroatoms. The molecule has 0 spiro atoms. The van der Waals surface area contributed by atoms with Gasteiger partial charge in [0, 0.05) is 18.6 Å². The number of hydrogen-bond acceptors (Lipinski definition) is 5. The molecule has 0 aliphatic carbocycles. The minimum absolute atomic E-state index is 0.162. The first kappa shape index (κ1) is 13.9. The van der Waals surface area contributed by atoms with Crippen LogP contribution in [0, 0.1) is 0 Å². The van der Waals surface area contributed by atoms with Crippen LogP contribution in [0.15, 0.2) is 47.6 Å². The van der Waals surface area contributed by atoms with Crippen LogP contribution in [0.2, 0.25) is 0 Å². The highest BCUT2D eigenvalue weighted by atomic mass is 16.7. The number of rotatable bonds is 4. The van der Waals surface area contributed by atoms with E-state index in [9.17, 15) is 4.79 Å². The molecule has 1 heterocycles. The fourth-order valence-corrected chi connectivity index (χ4v) is 2.05. The van der Waals surface area contributed by atoms with Crippen molar-refractivity contribution in [3.05, 3.63) is 48.0 Å². The summed E-state index contributed by atoms with van der Waals surface area (Å²) in [6.45, 7) is 1.63. The van der Waals surface area contributed by atoms with E-state index in [0.717, 1.165) is 11.3 Å². The number of carbonyl (C=O) groups excluding carboxylic acids is 1. The van der Waals surface area contributed by atoms with Crippen molar-refractivity contribution in [3.8, 4) is 11.5 Å². The first-order valence-corrected chi connectivity index (χ1v) is 6.78. The third-order valence-corrected chi connectivity index (χ3v) is 3.03. The lowest BCUT2D eigenvalue weighted by molar-refractivity contribution is -0.114. The van der Waals surface area contributed by atoms with Gasteiger partial charge >= 0.3 is 0 Å². The molecule has 0 bridgehead atoms. The van der Waals surface area contributed by atoms with Crippen LogP contribution in [0.3, 0.4) is 0 Å². The van der Waals surface area contributed by atoms with Crippen molar-refractivity contribution in [1.82, 2.24) is 0 Å². The second-order valence-corrected chi connectivity index (χ2v) is 4.71. The SMILES string of the molecule is CC(=O)Nc1cc2c(cc1C=NNc1ccccc1)OCO2. The maximum atomic E-state index is 11.3. The van der Waals surface area contributed by atoms with E-state index in [0.29, 0.717) is 17.2 Å². The van der Waals surface area contributed by atoms with Crippen LogP contribution in [0.1, 0.15) is 12.5 Å². The van der Waals surface area contributed by atoms with Gasteiger partial charge in [-0.25, -0.2) is 0 Å². The molecular formula is C16H15N3O3. The van der Waals surface area contributed by atoms with Crippen molar-refractivity contribution >= 4 is 23.5 Å². The van der Waals surface area contributed by atoms with Gasteiger partial charge in [-0.3, -0.25) is 10.2 Å². The number of nitrogens with one attached hydrogen (secondary N) is 2. The molecule has 1 aliphatic rings. The predicted octanol–water partition coefficient (Wildman–Crippen LogP) is 2.82. The van der Waals surface area contributed by atoms with E-state index in [2.05, 4.69) is 15.8 Å². The zero-order valence-electron chi connectivity index (χ0n) is 12.0. The monoisotopic (exact) mass is 297 g/mol. The lowest BCUT2D eigenvalue weighted by Crippen LogP contribution is -2.08. The van der Waals surface area contributed by atoms with E-state index in [1.807, 2.05) is 30.3 Å². The van der Waals surface area contributed by atoms with Gasteiger partial charge in [-0.05, 0) is 18.2 Å². The molecule has 0 fully saturated rings. The number of fused-ring (bicyclic) bond motifs is 1. The lowest BCUT2D eigenvalue weighted by atomic mass is 10.1. The first-order valence-electron chi connectivity index (χ1n) is 6.78. The largest absolute Gasteiger partial charge is 0.454 e. The van der Waals surface area contributed by atoms with E-state index in [1.165, 1.54) is 6.92 Å². The molecule has 0 aromatic heterocycles. The fourth-order valence-electron chi connectivity index (χ4n) is 2.05. The molecule has 2 N–H and O–H groups in total. The average molecular weight is 297 g/mol. The average Bonchev–Trinajstić information content (AvgIpc) is 2.95. The number of benzene rings is 2. The van der Waals surface area contributed by atoms with E-state index in [-0.39, 0.29) is 12.7 Å². The summed E-state index contributed by atoms with van der Waals surface area (Å²) >= 11 is 0. The number of hydrazone groups is 1. The number of ether oxygens (including phenoxy) is 2. The Morgan fingerprint density at radius 2 is 1.91 bits per heavy atom. The topological polar surface area (TPSA) is 72.0 Å². The van der Waals surface area contributed by atoms with Gasteiger partial charge in [0.2, 0.25) is 12.7 Å². The van der Waals surface area contributed by atoms with Gasteiger partial charge in [0.05, 0.1) is 17.6 Å². The maximum Gasteiger partial charge on any atom is 0.231 e. The standard InChI is InChI=1S/C16H15N3O3/c1-11(20)18-14-8-16-15(21-10-22-16)7-12(14)9-17-19-13-5-3-2-4-6-13/h2-9,19H,10H2,1H3,(H,18,20). The van der Waals surface area contributed by atoms with Crippen molar-refractivity contribution in [2.45, 2.75) is 6.92 Å². The quantitative estimate of drug-likeness (QED) is 0.672. The molecule has 0 atom stereocenters. The molecular weight excluding hydrogens is 282 g/mol. The van der Waals surface area contributed by atoms with Crippen molar-refractivity contribution in [2.75, 3.05) is 17.5 Å². The zero-order chi connectivity index (χ0) is 15.4. The maximum absolute atomic E-state index is 11.3. The third kappa shape index (κ3) is 3.17. The van der Waals surface area contributed by atoms with Gasteiger partial charge in [0.1, 0.15) is 0 Å². The summed E-state index contributed by atoms with van der Waals surface area (Å²) in [4.78, 5) is 11.3. The second-order valence-electron chi connectivity index (χ2n) is 4.71. The molecule has 0 radical (unpaired) electrons. The third-order valence-electron chi connectivity index (χ3n) is 3.03. The number of nitrogens with zero attached hydrogens (tertiary/aromatic N) is 1. The zero-order valence-corrected chi connectivity index (χ0v) is 12.0. The summed E-state index contributed by atoms with van der Waals surface area (Å²) in [6, 6.07) is 13.1. The molecule has 1 amide bonds. The Hall–Kier alpha value is -3.02. The first-order chi connectivity index (χ1) is 10.7. The summed E-state index contributed by atoms with van der Waals surface area (Å²) in [5, 5.41) is 6.94. The van der Waals surface area contributed by atoms with E-state index in [4.69, 9.17) is 9.47 Å². The van der Waals surface area contributed by atoms with Crippen LogP contribution < -0.4 is 20.2 Å². The smallest absolute Gasteiger partial charge is 0.231 e. The Balaban J connectivity index is 1.83. The minimum Gasteiger partial charge on any atom is -0.454 e. The molecule has 2 aromatic carbocycles. The second kappa shape index (κ2) is 6.17. The lowest BCUT2D eigenvalue weighted by Gasteiger charge is -2.08. The Labute approximate surface area is 127 Å². The van der Waals surface area contributed by atoms with Gasteiger partial charge in [0.25, 0.3) is 0 Å². The molecule has 2 aromatic rings. The predicted molar refractivity (Wildman–Crippen MR) is 84.5 cm³/mol. The van der Waals surface area contributed by atoms with Crippen molar-refractivity contribution < 1.29 is 14.3 Å². The molecule has 0 saturated heterocycles. The van der Waals surface area contributed by atoms with Crippen molar-refractivity contribution in [2.24, 2.45) is 5.10 Å². The molecule has 1 aliphatic heterocycles.